The van der Waals surface area contributed by atoms with E-state index in [1.165, 1.54) is 0 Å². The first-order valence-electron chi connectivity index (χ1n) is 20.5. The largest absolute Gasteiger partial charge is 0.310 e. The molecule has 0 saturated heterocycles. The lowest BCUT2D eigenvalue weighted by atomic mass is 9.93. The summed E-state index contributed by atoms with van der Waals surface area (Å²) in [4.78, 5) is 12.0. The molecule has 2 aromatic heterocycles. The van der Waals surface area contributed by atoms with E-state index in [1.54, 1.807) is 24.3 Å². The average Bonchev–Trinajstić information content (AvgIpc) is 3.70. The highest BCUT2D eigenvalue weighted by Gasteiger charge is 2.20. The van der Waals surface area contributed by atoms with E-state index in [-0.39, 0.29) is 0 Å². The number of rotatable bonds is 8. The van der Waals surface area contributed by atoms with Gasteiger partial charge in [0, 0.05) is 55.8 Å². The first-order chi connectivity index (χ1) is 31.5. The van der Waals surface area contributed by atoms with Crippen LogP contribution in [0.2, 0.25) is 0 Å². The van der Waals surface area contributed by atoms with Crippen LogP contribution in [0.15, 0.2) is 194 Å². The van der Waals surface area contributed by atoms with Crippen molar-refractivity contribution in [1.29, 1.82) is 21.0 Å². The normalized spacial score (nSPS) is 10.8. The Hall–Kier alpha value is -9.60. The van der Waals surface area contributed by atoms with Gasteiger partial charge >= 0.3 is 0 Å². The fraction of sp³-hybridized carbons (Fsp3) is 0. The van der Waals surface area contributed by atoms with Gasteiger partial charge in [0.2, 0.25) is 0 Å². The van der Waals surface area contributed by atoms with Crippen molar-refractivity contribution < 1.29 is 0 Å². The molecule has 64 heavy (non-hydrogen) atoms. The van der Waals surface area contributed by atoms with E-state index >= 15 is 0 Å². The van der Waals surface area contributed by atoms with E-state index in [2.05, 4.69) is 88.3 Å². The number of hydrogen-bond acceptors (Lipinski definition) is 7. The molecule has 0 N–H and O–H groups in total. The summed E-state index contributed by atoms with van der Waals surface area (Å²) in [5.41, 5.74) is 12.4. The highest BCUT2D eigenvalue weighted by Crippen LogP contribution is 2.41. The second kappa shape index (κ2) is 16.5. The zero-order valence-electron chi connectivity index (χ0n) is 34.1. The fourth-order valence-electron chi connectivity index (χ4n) is 8.31. The summed E-state index contributed by atoms with van der Waals surface area (Å²) in [7, 11) is 0. The van der Waals surface area contributed by atoms with Crippen LogP contribution in [0.4, 0.5) is 17.1 Å². The van der Waals surface area contributed by atoms with Crippen molar-refractivity contribution in [3.63, 3.8) is 0 Å². The van der Waals surface area contributed by atoms with Crippen LogP contribution in [0.3, 0.4) is 0 Å². The lowest BCUT2D eigenvalue weighted by molar-refractivity contribution is 1.17. The monoisotopic (exact) mass is 816 g/mol. The van der Waals surface area contributed by atoms with Crippen LogP contribution in [-0.4, -0.2) is 14.5 Å². The number of anilines is 3. The third-order valence-corrected chi connectivity index (χ3v) is 11.3. The van der Waals surface area contributed by atoms with Gasteiger partial charge in [-0.2, -0.15) is 21.0 Å². The number of benzene rings is 8. The summed E-state index contributed by atoms with van der Waals surface area (Å²) in [6.45, 7) is 0. The van der Waals surface area contributed by atoms with Gasteiger partial charge in [0.25, 0.3) is 0 Å². The number of fused-ring (bicyclic) bond motifs is 3. The van der Waals surface area contributed by atoms with Crippen molar-refractivity contribution in [3.8, 4) is 75.0 Å². The van der Waals surface area contributed by atoms with Gasteiger partial charge in [0.05, 0.1) is 69.0 Å². The summed E-state index contributed by atoms with van der Waals surface area (Å²) in [6, 6.07) is 72.0. The van der Waals surface area contributed by atoms with Crippen molar-refractivity contribution in [2.24, 2.45) is 0 Å². The third-order valence-electron chi connectivity index (χ3n) is 11.3. The molecule has 0 aliphatic rings. The van der Waals surface area contributed by atoms with Crippen molar-refractivity contribution in [1.82, 2.24) is 14.5 Å². The molecule has 0 fully saturated rings. The predicted octanol–water partition coefficient (Wildman–Crippen LogP) is 13.2. The predicted molar refractivity (Wildman–Crippen MR) is 252 cm³/mol. The Morgan fingerprint density at radius 3 is 1.42 bits per heavy atom. The fourth-order valence-corrected chi connectivity index (χ4v) is 8.31. The molecule has 0 aliphatic heterocycles. The molecule has 296 valence electrons. The molecule has 0 aliphatic carbocycles. The van der Waals surface area contributed by atoms with E-state index in [4.69, 9.17) is 9.97 Å². The van der Waals surface area contributed by atoms with Crippen molar-refractivity contribution in [3.05, 3.63) is 216 Å². The number of hydrogen-bond donors (Lipinski definition) is 0. The lowest BCUT2D eigenvalue weighted by Gasteiger charge is -2.25. The number of aromatic nitrogens is 3. The standard InChI is InChI=1S/C56H32N8/c57-33-37-15-19-39(20-16-37)51-32-52(62-56(61-51)42-21-17-38(34-58)18-22-42)40-23-25-41(26-24-40)55-43(35-59)29-48(30-44(55)36-60)64-53-14-8-7-13-49(53)50-31-47(27-28-54(50)64)63(45-9-3-1-4-10-45)46-11-5-2-6-12-46/h1-32H. The van der Waals surface area contributed by atoms with Gasteiger partial charge in [0.15, 0.2) is 5.82 Å². The highest BCUT2D eigenvalue weighted by molar-refractivity contribution is 6.11. The van der Waals surface area contributed by atoms with Crippen LogP contribution in [0, 0.1) is 45.3 Å². The summed E-state index contributed by atoms with van der Waals surface area (Å²) in [5.74, 6) is 0.477. The molecule has 0 saturated carbocycles. The lowest BCUT2D eigenvalue weighted by Crippen LogP contribution is -2.09. The molecule has 10 rings (SSSR count). The van der Waals surface area contributed by atoms with Gasteiger partial charge in [-0.15, -0.1) is 0 Å². The van der Waals surface area contributed by atoms with Crippen LogP contribution in [0.5, 0.6) is 0 Å². The summed E-state index contributed by atoms with van der Waals surface area (Å²) >= 11 is 0. The molecule has 0 bridgehead atoms. The number of nitriles is 4. The molecule has 0 unspecified atom stereocenters. The number of para-hydroxylation sites is 3. The Morgan fingerprint density at radius 1 is 0.391 bits per heavy atom. The molecule has 0 amide bonds. The van der Waals surface area contributed by atoms with Gasteiger partial charge in [-0.05, 0) is 109 Å². The van der Waals surface area contributed by atoms with Gasteiger partial charge < -0.3 is 9.47 Å². The molecule has 0 spiro atoms. The first kappa shape index (κ1) is 38.6. The molecule has 10 aromatic rings. The van der Waals surface area contributed by atoms with E-state index < -0.39 is 0 Å². The maximum absolute atomic E-state index is 10.7. The summed E-state index contributed by atoms with van der Waals surface area (Å²) < 4.78 is 2.13. The molecule has 2 heterocycles. The van der Waals surface area contributed by atoms with Gasteiger partial charge in [-0.3, -0.25) is 0 Å². The molecule has 8 aromatic carbocycles. The Balaban J connectivity index is 1.06. The van der Waals surface area contributed by atoms with Crippen molar-refractivity contribution in [2.45, 2.75) is 0 Å². The maximum Gasteiger partial charge on any atom is 0.160 e. The van der Waals surface area contributed by atoms with Gasteiger partial charge in [-0.25, -0.2) is 9.97 Å². The minimum Gasteiger partial charge on any atom is -0.310 e. The maximum atomic E-state index is 10.7. The minimum atomic E-state index is 0.372. The molecule has 8 heteroatoms. The van der Waals surface area contributed by atoms with Crippen molar-refractivity contribution >= 4 is 38.9 Å². The van der Waals surface area contributed by atoms with Gasteiger partial charge in [0.1, 0.15) is 0 Å². The second-order valence-electron chi connectivity index (χ2n) is 15.1. The zero-order chi connectivity index (χ0) is 43.6. The average molecular weight is 817 g/mol. The molecular formula is C56H32N8. The quantitative estimate of drug-likeness (QED) is 0.149. The Labute approximate surface area is 369 Å². The Bertz CT molecular complexity index is 3420. The topological polar surface area (TPSA) is 129 Å². The van der Waals surface area contributed by atoms with E-state index in [0.29, 0.717) is 56.3 Å². The number of nitrogens with zero attached hydrogens (tertiary/aromatic N) is 8. The van der Waals surface area contributed by atoms with Crippen LogP contribution in [-0.2, 0) is 0 Å². The third kappa shape index (κ3) is 7.02. The van der Waals surface area contributed by atoms with E-state index in [9.17, 15) is 21.0 Å². The van der Waals surface area contributed by atoms with Crippen LogP contribution < -0.4 is 4.90 Å². The van der Waals surface area contributed by atoms with Gasteiger partial charge in [-0.1, -0.05) is 91.0 Å². The minimum absolute atomic E-state index is 0.372. The zero-order valence-corrected chi connectivity index (χ0v) is 34.1. The highest BCUT2D eigenvalue weighted by atomic mass is 15.1. The second-order valence-corrected chi connectivity index (χ2v) is 15.1. The van der Waals surface area contributed by atoms with Crippen LogP contribution in [0.25, 0.3) is 72.5 Å². The molecule has 0 radical (unpaired) electrons. The summed E-state index contributed by atoms with van der Waals surface area (Å²) in [6.07, 6.45) is 0. The SMILES string of the molecule is N#Cc1ccc(-c2cc(-c3ccc(-c4c(C#N)cc(-n5c6ccccc6c6cc(N(c7ccccc7)c7ccccc7)ccc65)cc4C#N)cc3)nc(-c3ccc(C#N)cc3)n2)cc1. The van der Waals surface area contributed by atoms with Crippen LogP contribution in [0.1, 0.15) is 22.3 Å². The summed E-state index contributed by atoms with van der Waals surface area (Å²) in [5, 5.41) is 42.3. The first-order valence-corrected chi connectivity index (χ1v) is 20.5. The van der Waals surface area contributed by atoms with E-state index in [0.717, 1.165) is 55.6 Å². The molecule has 0 atom stereocenters. The Morgan fingerprint density at radius 2 is 0.875 bits per heavy atom. The molecule has 8 nitrogen and oxygen atoms in total. The van der Waals surface area contributed by atoms with Crippen molar-refractivity contribution in [2.75, 3.05) is 4.90 Å². The van der Waals surface area contributed by atoms with Crippen LogP contribution >= 0.6 is 0 Å². The Kier molecular flexibility index (Phi) is 9.92. The smallest absolute Gasteiger partial charge is 0.160 e. The van der Waals surface area contributed by atoms with E-state index in [1.807, 2.05) is 115 Å². The molecular weight excluding hydrogens is 785 g/mol.